The summed E-state index contributed by atoms with van der Waals surface area (Å²) in [5, 5.41) is 1.09. The molecule has 2 heterocycles. The monoisotopic (exact) mass is 483 g/mol. The van der Waals surface area contributed by atoms with Gasteiger partial charge in [0, 0.05) is 11.7 Å². The highest BCUT2D eigenvalue weighted by Crippen LogP contribution is 2.33. The molecule has 1 amide bonds. The van der Waals surface area contributed by atoms with Crippen LogP contribution in [0.2, 0.25) is 0 Å². The Labute approximate surface area is 209 Å². The van der Waals surface area contributed by atoms with E-state index in [9.17, 15) is 9.59 Å². The van der Waals surface area contributed by atoms with Gasteiger partial charge in [-0.2, -0.15) is 0 Å². The molecule has 0 radical (unpaired) electrons. The minimum absolute atomic E-state index is 0.0218. The van der Waals surface area contributed by atoms with E-state index in [1.165, 1.54) is 22.9 Å². The van der Waals surface area contributed by atoms with Crippen molar-refractivity contribution >= 4 is 34.3 Å². The van der Waals surface area contributed by atoms with Crippen LogP contribution in [-0.2, 0) is 11.2 Å². The summed E-state index contributed by atoms with van der Waals surface area (Å²) < 4.78 is 1.64. The van der Waals surface area contributed by atoms with Crippen molar-refractivity contribution in [2.45, 2.75) is 50.7 Å². The molecule has 5 nitrogen and oxygen atoms in total. The molecule has 0 bridgehead atoms. The molecule has 1 aromatic heterocycles. The van der Waals surface area contributed by atoms with Crippen LogP contribution in [0.25, 0.3) is 16.6 Å². The second-order valence-corrected chi connectivity index (χ2v) is 10.1. The van der Waals surface area contributed by atoms with E-state index in [0.717, 1.165) is 24.2 Å². The van der Waals surface area contributed by atoms with Gasteiger partial charge in [0.05, 0.1) is 22.3 Å². The zero-order chi connectivity index (χ0) is 24.5. The Morgan fingerprint density at radius 2 is 1.77 bits per heavy atom. The number of carbonyl (C=O) groups excluding carboxylic acids is 1. The molecule has 4 aromatic rings. The van der Waals surface area contributed by atoms with E-state index in [1.54, 1.807) is 10.6 Å². The van der Waals surface area contributed by atoms with Crippen molar-refractivity contribution in [3.63, 3.8) is 0 Å². The molecule has 1 aliphatic heterocycles. The number of amides is 1. The van der Waals surface area contributed by atoms with Gasteiger partial charge in [-0.1, -0.05) is 68.1 Å². The average molecular weight is 484 g/mol. The molecular formula is C29H29N3O2S. The van der Waals surface area contributed by atoms with E-state index in [1.807, 2.05) is 53.4 Å². The number of thioether (sulfide) groups is 1. The number of benzene rings is 3. The Hall–Kier alpha value is -3.38. The Morgan fingerprint density at radius 3 is 2.54 bits per heavy atom. The molecule has 0 saturated heterocycles. The number of hydrogen-bond donors (Lipinski definition) is 0. The standard InChI is InChI=1S/C29H29N3O2S/c1-4-19(2)21-13-15-23(16-14-21)32-28(34)24-10-6-7-11-25(24)30-29(32)35-18-27(33)31-20(3)17-22-9-5-8-12-26(22)31/h5-16,19-20H,4,17-18H2,1-3H3/t19-,20+/m0/s1. The first-order chi connectivity index (χ1) is 17.0. The average Bonchev–Trinajstić information content (AvgIpc) is 3.22. The van der Waals surface area contributed by atoms with Crippen LogP contribution in [0, 0.1) is 0 Å². The zero-order valence-electron chi connectivity index (χ0n) is 20.3. The highest BCUT2D eigenvalue weighted by Gasteiger charge is 2.30. The van der Waals surface area contributed by atoms with Crippen LogP contribution in [-0.4, -0.2) is 27.3 Å². The predicted octanol–water partition coefficient (Wildman–Crippen LogP) is 5.97. The van der Waals surface area contributed by atoms with E-state index in [2.05, 4.69) is 39.0 Å². The van der Waals surface area contributed by atoms with Crippen molar-refractivity contribution in [3.8, 4) is 5.69 Å². The van der Waals surface area contributed by atoms with Gasteiger partial charge < -0.3 is 4.90 Å². The Morgan fingerprint density at radius 1 is 1.06 bits per heavy atom. The lowest BCUT2D eigenvalue weighted by atomic mass is 9.98. The third-order valence-electron chi connectivity index (χ3n) is 6.88. The molecule has 0 aliphatic carbocycles. The lowest BCUT2D eigenvalue weighted by Crippen LogP contribution is -2.37. The van der Waals surface area contributed by atoms with Gasteiger partial charge in [-0.3, -0.25) is 14.2 Å². The Kier molecular flexibility index (Phi) is 6.48. The molecule has 0 spiro atoms. The first-order valence-corrected chi connectivity index (χ1v) is 13.1. The largest absolute Gasteiger partial charge is 0.308 e. The fraction of sp³-hybridized carbons (Fsp3) is 0.276. The van der Waals surface area contributed by atoms with Crippen LogP contribution in [0.5, 0.6) is 0 Å². The molecule has 6 heteroatoms. The summed E-state index contributed by atoms with van der Waals surface area (Å²) in [7, 11) is 0. The van der Waals surface area contributed by atoms with Gasteiger partial charge in [-0.25, -0.2) is 4.98 Å². The van der Waals surface area contributed by atoms with Gasteiger partial charge in [0.2, 0.25) is 5.91 Å². The fourth-order valence-corrected chi connectivity index (χ4v) is 5.64. The van der Waals surface area contributed by atoms with Crippen molar-refractivity contribution in [1.82, 2.24) is 9.55 Å². The first kappa shape index (κ1) is 23.4. The number of nitrogens with zero attached hydrogens (tertiary/aromatic N) is 3. The Balaban J connectivity index is 1.50. The number of hydrogen-bond acceptors (Lipinski definition) is 4. The highest BCUT2D eigenvalue weighted by molar-refractivity contribution is 7.99. The maximum absolute atomic E-state index is 13.6. The number of para-hydroxylation sites is 2. The fourth-order valence-electron chi connectivity index (χ4n) is 4.77. The number of aromatic nitrogens is 2. The predicted molar refractivity (Wildman–Crippen MR) is 144 cm³/mol. The quantitative estimate of drug-likeness (QED) is 0.250. The number of fused-ring (bicyclic) bond motifs is 2. The molecule has 3 aromatic carbocycles. The summed E-state index contributed by atoms with van der Waals surface area (Å²) in [6.07, 6.45) is 1.91. The summed E-state index contributed by atoms with van der Waals surface area (Å²) in [6, 6.07) is 23.7. The van der Waals surface area contributed by atoms with Crippen LogP contribution < -0.4 is 10.5 Å². The van der Waals surface area contributed by atoms with Gasteiger partial charge in [0.1, 0.15) is 0 Å². The normalized spacial score (nSPS) is 15.9. The summed E-state index contributed by atoms with van der Waals surface area (Å²) in [5.74, 6) is 0.676. The van der Waals surface area contributed by atoms with Crippen molar-refractivity contribution in [1.29, 1.82) is 0 Å². The first-order valence-electron chi connectivity index (χ1n) is 12.1. The lowest BCUT2D eigenvalue weighted by molar-refractivity contribution is -0.116. The molecule has 1 aliphatic rings. The molecular weight excluding hydrogens is 454 g/mol. The molecule has 0 N–H and O–H groups in total. The van der Waals surface area contributed by atoms with Crippen LogP contribution >= 0.6 is 11.8 Å². The molecule has 2 atom stereocenters. The van der Waals surface area contributed by atoms with Gasteiger partial charge >= 0.3 is 0 Å². The number of anilines is 1. The third-order valence-corrected chi connectivity index (χ3v) is 7.80. The van der Waals surface area contributed by atoms with Crippen LogP contribution in [0.4, 0.5) is 5.69 Å². The van der Waals surface area contributed by atoms with E-state index >= 15 is 0 Å². The van der Waals surface area contributed by atoms with Crippen LogP contribution in [0.1, 0.15) is 44.2 Å². The minimum Gasteiger partial charge on any atom is -0.308 e. The van der Waals surface area contributed by atoms with Crippen molar-refractivity contribution in [3.05, 3.63) is 94.3 Å². The van der Waals surface area contributed by atoms with E-state index in [4.69, 9.17) is 4.98 Å². The van der Waals surface area contributed by atoms with Gasteiger partial charge in [-0.15, -0.1) is 0 Å². The topological polar surface area (TPSA) is 55.2 Å². The second kappa shape index (κ2) is 9.70. The minimum atomic E-state index is -0.123. The van der Waals surface area contributed by atoms with Gasteiger partial charge in [0.25, 0.3) is 5.56 Å². The number of rotatable bonds is 6. The molecule has 0 fully saturated rings. The summed E-state index contributed by atoms with van der Waals surface area (Å²) >= 11 is 1.32. The Bertz CT molecular complexity index is 1440. The summed E-state index contributed by atoms with van der Waals surface area (Å²) in [5.41, 5.74) is 4.69. The van der Waals surface area contributed by atoms with E-state index in [0.29, 0.717) is 22.0 Å². The third kappa shape index (κ3) is 4.39. The molecule has 5 rings (SSSR count). The molecule has 0 unspecified atom stereocenters. The van der Waals surface area contributed by atoms with Crippen LogP contribution in [0.15, 0.2) is 82.7 Å². The zero-order valence-corrected chi connectivity index (χ0v) is 21.1. The maximum atomic E-state index is 13.6. The van der Waals surface area contributed by atoms with E-state index in [-0.39, 0.29) is 23.3 Å². The lowest BCUT2D eigenvalue weighted by Gasteiger charge is -2.23. The number of carbonyl (C=O) groups is 1. The van der Waals surface area contributed by atoms with E-state index < -0.39 is 0 Å². The second-order valence-electron chi connectivity index (χ2n) is 9.19. The van der Waals surface area contributed by atoms with Crippen molar-refractivity contribution < 1.29 is 4.79 Å². The molecule has 35 heavy (non-hydrogen) atoms. The smallest absolute Gasteiger partial charge is 0.266 e. The highest BCUT2D eigenvalue weighted by atomic mass is 32.2. The maximum Gasteiger partial charge on any atom is 0.266 e. The summed E-state index contributed by atoms with van der Waals surface area (Å²) in [4.78, 5) is 33.6. The van der Waals surface area contributed by atoms with Gasteiger partial charge in [0.15, 0.2) is 5.16 Å². The van der Waals surface area contributed by atoms with Crippen LogP contribution in [0.3, 0.4) is 0 Å². The van der Waals surface area contributed by atoms with Crippen molar-refractivity contribution in [2.24, 2.45) is 0 Å². The van der Waals surface area contributed by atoms with Gasteiger partial charge in [-0.05, 0) is 67.1 Å². The van der Waals surface area contributed by atoms with Crippen molar-refractivity contribution in [2.75, 3.05) is 10.7 Å². The molecule has 178 valence electrons. The summed E-state index contributed by atoms with van der Waals surface area (Å²) in [6.45, 7) is 6.44. The molecule has 0 saturated carbocycles. The SMILES string of the molecule is CC[C@H](C)c1ccc(-n2c(SCC(=O)N3c4ccccc4C[C@H]3C)nc3ccccc3c2=O)cc1.